The van der Waals surface area contributed by atoms with E-state index in [-0.39, 0.29) is 27.9 Å². The molecule has 1 saturated carbocycles. The number of nitrogens with one attached hydrogen (secondary N) is 2. The van der Waals surface area contributed by atoms with Gasteiger partial charge < -0.3 is 10.6 Å². The van der Waals surface area contributed by atoms with Gasteiger partial charge in [0.2, 0.25) is 10.0 Å². The number of benzene rings is 1. The summed E-state index contributed by atoms with van der Waals surface area (Å²) in [7, 11) is 0. The highest BCUT2D eigenvalue weighted by atomic mass is 32.1. The second-order valence-corrected chi connectivity index (χ2v) is 7.02. The zero-order chi connectivity index (χ0) is 16.9. The van der Waals surface area contributed by atoms with Crippen molar-refractivity contribution in [1.82, 2.24) is 15.5 Å². The van der Waals surface area contributed by atoms with E-state index in [2.05, 4.69) is 20.8 Å². The molecule has 0 atom stereocenters. The summed E-state index contributed by atoms with van der Waals surface area (Å²) in [6.07, 6.45) is 5.53. The fraction of sp³-hybridized carbons (Fsp3) is 0.412. The molecule has 1 fully saturated rings. The van der Waals surface area contributed by atoms with E-state index in [0.717, 1.165) is 42.6 Å². The summed E-state index contributed by atoms with van der Waals surface area (Å²) in [5, 5.41) is 13.8. The molecule has 126 valence electrons. The van der Waals surface area contributed by atoms with Gasteiger partial charge in [-0.15, -0.1) is 10.2 Å². The molecular formula is C17H20N4O2S. The lowest BCUT2D eigenvalue weighted by molar-refractivity contribution is 0.0925. The van der Waals surface area contributed by atoms with E-state index in [0.29, 0.717) is 5.69 Å². The van der Waals surface area contributed by atoms with Crippen LogP contribution in [-0.4, -0.2) is 28.1 Å². The molecule has 1 aromatic heterocycles. The molecule has 0 spiro atoms. The van der Waals surface area contributed by atoms with Crippen LogP contribution < -0.4 is 10.6 Å². The second kappa shape index (κ2) is 7.53. The highest BCUT2D eigenvalue weighted by Crippen LogP contribution is 2.19. The molecule has 1 aliphatic carbocycles. The molecule has 2 N–H and O–H groups in total. The van der Waals surface area contributed by atoms with E-state index in [1.54, 1.807) is 0 Å². The summed E-state index contributed by atoms with van der Waals surface area (Å²) < 4.78 is 0. The molecule has 1 aliphatic rings. The van der Waals surface area contributed by atoms with E-state index in [1.807, 2.05) is 31.2 Å². The Morgan fingerprint density at radius 3 is 2.29 bits per heavy atom. The monoisotopic (exact) mass is 344 g/mol. The normalized spacial score (nSPS) is 15.0. The molecule has 2 aromatic rings. The number of anilines is 1. The van der Waals surface area contributed by atoms with Crippen molar-refractivity contribution in [3.05, 3.63) is 39.8 Å². The molecule has 3 rings (SSSR count). The average molecular weight is 344 g/mol. The van der Waals surface area contributed by atoms with E-state index >= 15 is 0 Å². The smallest absolute Gasteiger partial charge is 0.286 e. The first-order valence-corrected chi connectivity index (χ1v) is 8.96. The summed E-state index contributed by atoms with van der Waals surface area (Å²) in [6.45, 7) is 1.98. The number of aryl methyl sites for hydroxylation is 1. The van der Waals surface area contributed by atoms with Crippen LogP contribution in [0.15, 0.2) is 24.3 Å². The Morgan fingerprint density at radius 1 is 1.00 bits per heavy atom. The summed E-state index contributed by atoms with van der Waals surface area (Å²) in [5.74, 6) is -0.596. The molecule has 0 bridgehead atoms. The Labute approximate surface area is 144 Å². The van der Waals surface area contributed by atoms with Crippen molar-refractivity contribution in [3.8, 4) is 0 Å². The Hall–Kier alpha value is -2.28. The Balaban J connectivity index is 1.60. The first-order chi connectivity index (χ1) is 11.6. The first kappa shape index (κ1) is 16.6. The van der Waals surface area contributed by atoms with Crippen LogP contribution in [-0.2, 0) is 0 Å². The lowest BCUT2D eigenvalue weighted by Gasteiger charge is -2.21. The molecule has 1 heterocycles. The third kappa shape index (κ3) is 4.17. The zero-order valence-electron chi connectivity index (χ0n) is 13.5. The number of carbonyl (C=O) groups is 2. The van der Waals surface area contributed by atoms with Gasteiger partial charge in [0.15, 0.2) is 0 Å². The van der Waals surface area contributed by atoms with Gasteiger partial charge in [-0.1, -0.05) is 48.3 Å². The van der Waals surface area contributed by atoms with Crippen molar-refractivity contribution < 1.29 is 9.59 Å². The maximum Gasteiger partial charge on any atom is 0.286 e. The lowest BCUT2D eigenvalue weighted by Crippen LogP contribution is -2.36. The predicted octanol–water partition coefficient (Wildman–Crippen LogP) is 3.16. The van der Waals surface area contributed by atoms with Gasteiger partial charge in [-0.25, -0.2) is 0 Å². The lowest BCUT2D eigenvalue weighted by atomic mass is 9.95. The molecule has 6 nitrogen and oxygen atoms in total. The van der Waals surface area contributed by atoms with Gasteiger partial charge in [-0.05, 0) is 31.9 Å². The number of rotatable bonds is 4. The van der Waals surface area contributed by atoms with Crippen LogP contribution >= 0.6 is 11.3 Å². The van der Waals surface area contributed by atoms with Crippen LogP contribution in [0.25, 0.3) is 0 Å². The van der Waals surface area contributed by atoms with Crippen LogP contribution in [0.2, 0.25) is 0 Å². The van der Waals surface area contributed by atoms with E-state index in [4.69, 9.17) is 0 Å². The zero-order valence-corrected chi connectivity index (χ0v) is 14.4. The molecule has 2 amide bonds. The van der Waals surface area contributed by atoms with Gasteiger partial charge in [0.25, 0.3) is 11.8 Å². The van der Waals surface area contributed by atoms with Crippen molar-refractivity contribution in [3.63, 3.8) is 0 Å². The first-order valence-electron chi connectivity index (χ1n) is 8.14. The largest absolute Gasteiger partial charge is 0.347 e. The summed E-state index contributed by atoms with van der Waals surface area (Å²) in [6, 6.07) is 7.69. The number of aromatic nitrogens is 2. The quantitative estimate of drug-likeness (QED) is 0.892. The van der Waals surface area contributed by atoms with Crippen molar-refractivity contribution >= 4 is 28.8 Å². The molecule has 0 saturated heterocycles. The molecule has 1 aromatic carbocycles. The molecule has 0 radical (unpaired) electrons. The number of carbonyl (C=O) groups excluding carboxylic acids is 2. The van der Waals surface area contributed by atoms with Gasteiger partial charge in [-0.3, -0.25) is 9.59 Å². The second-order valence-electron chi connectivity index (χ2n) is 6.04. The van der Waals surface area contributed by atoms with Gasteiger partial charge in [0, 0.05) is 11.7 Å². The van der Waals surface area contributed by atoms with Gasteiger partial charge in [0.05, 0.1) is 0 Å². The third-order valence-corrected chi connectivity index (χ3v) is 4.98. The average Bonchev–Trinajstić information content (AvgIpc) is 3.08. The van der Waals surface area contributed by atoms with Crippen molar-refractivity contribution in [2.75, 3.05) is 5.32 Å². The van der Waals surface area contributed by atoms with Crippen molar-refractivity contribution in [1.29, 1.82) is 0 Å². The number of hydrogen-bond donors (Lipinski definition) is 2. The highest BCUT2D eigenvalue weighted by Gasteiger charge is 2.21. The standard InChI is InChI=1S/C17H20N4O2S/c1-11-7-9-13(10-8-11)19-15(23)17-21-20-16(24-17)14(22)18-12-5-3-2-4-6-12/h7-10,12H,2-6H2,1H3,(H,18,22)(H,19,23). The predicted molar refractivity (Wildman–Crippen MR) is 93.4 cm³/mol. The molecule has 0 unspecified atom stereocenters. The van der Waals surface area contributed by atoms with Gasteiger partial charge in [-0.2, -0.15) is 0 Å². The SMILES string of the molecule is Cc1ccc(NC(=O)c2nnc(C(=O)NC3CCCCC3)s2)cc1. The van der Waals surface area contributed by atoms with Crippen molar-refractivity contribution in [2.45, 2.75) is 45.1 Å². The maximum atomic E-state index is 12.2. The number of amides is 2. The fourth-order valence-corrected chi connectivity index (χ4v) is 3.36. The van der Waals surface area contributed by atoms with Crippen LogP contribution in [0.4, 0.5) is 5.69 Å². The summed E-state index contributed by atoms with van der Waals surface area (Å²) in [5.41, 5.74) is 1.81. The minimum absolute atomic E-state index is 0.185. The fourth-order valence-electron chi connectivity index (χ4n) is 2.72. The summed E-state index contributed by atoms with van der Waals surface area (Å²) >= 11 is 1.01. The minimum Gasteiger partial charge on any atom is -0.347 e. The number of nitrogens with zero attached hydrogens (tertiary/aromatic N) is 2. The van der Waals surface area contributed by atoms with Gasteiger partial charge in [0.1, 0.15) is 0 Å². The Kier molecular flexibility index (Phi) is 5.20. The van der Waals surface area contributed by atoms with Crippen LogP contribution in [0.1, 0.15) is 57.3 Å². The highest BCUT2D eigenvalue weighted by molar-refractivity contribution is 7.15. The van der Waals surface area contributed by atoms with Crippen LogP contribution in [0.3, 0.4) is 0 Å². The molecule has 24 heavy (non-hydrogen) atoms. The number of hydrogen-bond acceptors (Lipinski definition) is 5. The topological polar surface area (TPSA) is 84.0 Å². The van der Waals surface area contributed by atoms with Crippen molar-refractivity contribution in [2.24, 2.45) is 0 Å². The maximum absolute atomic E-state index is 12.2. The van der Waals surface area contributed by atoms with E-state index in [9.17, 15) is 9.59 Å². The molecular weight excluding hydrogens is 324 g/mol. The van der Waals surface area contributed by atoms with Crippen LogP contribution in [0, 0.1) is 6.92 Å². The van der Waals surface area contributed by atoms with Gasteiger partial charge >= 0.3 is 0 Å². The summed E-state index contributed by atoms with van der Waals surface area (Å²) in [4.78, 5) is 24.4. The third-order valence-electron chi connectivity index (χ3n) is 4.06. The van der Waals surface area contributed by atoms with E-state index < -0.39 is 0 Å². The molecule has 0 aliphatic heterocycles. The Morgan fingerprint density at radius 2 is 1.62 bits per heavy atom. The van der Waals surface area contributed by atoms with Crippen LogP contribution in [0.5, 0.6) is 0 Å². The minimum atomic E-state index is -0.354. The molecule has 7 heteroatoms. The Bertz CT molecular complexity index is 720. The van der Waals surface area contributed by atoms with E-state index in [1.165, 1.54) is 6.42 Å².